The maximum absolute atomic E-state index is 12.5. The molecule has 2 aromatic rings. The first kappa shape index (κ1) is 13.6. The topological polar surface area (TPSA) is 46.2 Å². The van der Waals surface area contributed by atoms with Gasteiger partial charge in [0.15, 0.2) is 5.78 Å². The minimum Gasteiger partial charge on any atom is -0.352 e. The van der Waals surface area contributed by atoms with E-state index in [1.54, 1.807) is 6.07 Å². The fourth-order valence-corrected chi connectivity index (χ4v) is 2.61. The van der Waals surface area contributed by atoms with Crippen LogP contribution in [0.15, 0.2) is 42.5 Å². The summed E-state index contributed by atoms with van der Waals surface area (Å²) in [6.07, 6.45) is 1.77. The van der Waals surface area contributed by atoms with Crippen molar-refractivity contribution < 1.29 is 9.59 Å². The van der Waals surface area contributed by atoms with Crippen molar-refractivity contribution in [1.82, 2.24) is 5.32 Å². The van der Waals surface area contributed by atoms with Crippen LogP contribution in [0.3, 0.4) is 0 Å². The quantitative estimate of drug-likeness (QED) is 0.878. The summed E-state index contributed by atoms with van der Waals surface area (Å²) in [4.78, 5) is 24.4. The molecule has 0 unspecified atom stereocenters. The number of fused-ring (bicyclic) bond motifs is 1. The summed E-state index contributed by atoms with van der Waals surface area (Å²) in [5.41, 5.74) is 4.06. The summed E-state index contributed by atoms with van der Waals surface area (Å²) in [5, 5.41) is 2.81. The normalized spacial score (nSPS) is 13.5. The van der Waals surface area contributed by atoms with Crippen LogP contribution >= 0.6 is 0 Å². The van der Waals surface area contributed by atoms with Gasteiger partial charge in [-0.2, -0.15) is 0 Å². The minimum absolute atomic E-state index is 0.0428. The van der Waals surface area contributed by atoms with E-state index in [0.717, 1.165) is 18.4 Å². The van der Waals surface area contributed by atoms with Gasteiger partial charge in [0, 0.05) is 23.2 Å². The molecule has 0 aromatic heterocycles. The summed E-state index contributed by atoms with van der Waals surface area (Å²) < 4.78 is 0. The number of rotatable bonds is 3. The van der Waals surface area contributed by atoms with Crippen LogP contribution in [0, 0.1) is 0 Å². The van der Waals surface area contributed by atoms with Gasteiger partial charge in [-0.05, 0) is 30.0 Å². The maximum Gasteiger partial charge on any atom is 0.251 e. The van der Waals surface area contributed by atoms with Crippen LogP contribution in [0.5, 0.6) is 0 Å². The Morgan fingerprint density at radius 2 is 1.81 bits per heavy atom. The van der Waals surface area contributed by atoms with E-state index in [9.17, 15) is 9.59 Å². The van der Waals surface area contributed by atoms with E-state index < -0.39 is 0 Å². The third-order valence-electron chi connectivity index (χ3n) is 3.92. The molecule has 106 valence electrons. The van der Waals surface area contributed by atoms with Crippen LogP contribution in [0.4, 0.5) is 0 Å². The molecule has 2 aromatic carbocycles. The molecule has 3 rings (SSSR count). The number of amides is 1. The van der Waals surface area contributed by atoms with Gasteiger partial charge < -0.3 is 5.32 Å². The van der Waals surface area contributed by atoms with Gasteiger partial charge in [0.05, 0.1) is 0 Å². The first-order valence-electron chi connectivity index (χ1n) is 7.24. The number of aryl methyl sites for hydroxylation is 1. The number of carbonyl (C=O) groups excluding carboxylic acids is 2. The summed E-state index contributed by atoms with van der Waals surface area (Å²) >= 11 is 0. The molecular weight excluding hydrogens is 262 g/mol. The molecule has 1 aliphatic rings. The zero-order valence-corrected chi connectivity index (χ0v) is 12.0. The monoisotopic (exact) mass is 279 g/mol. The molecule has 0 radical (unpaired) electrons. The number of benzene rings is 2. The van der Waals surface area contributed by atoms with Gasteiger partial charge in [0.1, 0.15) is 0 Å². The van der Waals surface area contributed by atoms with Crippen molar-refractivity contribution in [1.29, 1.82) is 0 Å². The number of nitrogens with one attached hydrogen (secondary N) is 1. The Kier molecular flexibility index (Phi) is 3.57. The lowest BCUT2D eigenvalue weighted by Gasteiger charge is -2.16. The number of hydrogen-bond acceptors (Lipinski definition) is 2. The molecular formula is C18H17NO2. The lowest BCUT2D eigenvalue weighted by atomic mass is 9.94. The average molecular weight is 279 g/mol. The second-order valence-electron chi connectivity index (χ2n) is 5.26. The van der Waals surface area contributed by atoms with Gasteiger partial charge in [0.25, 0.3) is 5.91 Å². The summed E-state index contributed by atoms with van der Waals surface area (Å²) in [6.45, 7) is 2.75. The Labute approximate surface area is 124 Å². The highest BCUT2D eigenvalue weighted by Gasteiger charge is 2.19. The first-order valence-corrected chi connectivity index (χ1v) is 7.24. The van der Waals surface area contributed by atoms with Crippen molar-refractivity contribution in [2.45, 2.75) is 19.8 Å². The van der Waals surface area contributed by atoms with Gasteiger partial charge >= 0.3 is 0 Å². The fourth-order valence-electron chi connectivity index (χ4n) is 2.61. The molecule has 1 N–H and O–H groups in total. The highest BCUT2D eigenvalue weighted by Crippen LogP contribution is 2.18. The van der Waals surface area contributed by atoms with Gasteiger partial charge in [0.2, 0.25) is 0 Å². The van der Waals surface area contributed by atoms with Crippen LogP contribution < -0.4 is 5.32 Å². The van der Waals surface area contributed by atoms with Gasteiger partial charge in [-0.1, -0.05) is 43.3 Å². The molecule has 0 saturated heterocycles. The largest absolute Gasteiger partial charge is 0.352 e. The molecule has 0 atom stereocenters. The Morgan fingerprint density at radius 3 is 2.52 bits per heavy atom. The van der Waals surface area contributed by atoms with Crippen molar-refractivity contribution in [2.75, 3.05) is 6.54 Å². The van der Waals surface area contributed by atoms with E-state index in [1.165, 1.54) is 5.56 Å². The standard InChI is InChI=1S/C18H17NO2/c1-2-12-3-5-14(6-4-12)17(20)15-8-7-13-9-10-19-18(21)16(13)11-15/h3-8,11H,2,9-10H2,1H3,(H,19,21). The SMILES string of the molecule is CCc1ccc(C(=O)c2ccc3c(c2)C(=O)NCC3)cc1. The van der Waals surface area contributed by atoms with E-state index in [-0.39, 0.29) is 11.7 Å². The van der Waals surface area contributed by atoms with Gasteiger partial charge in [-0.3, -0.25) is 9.59 Å². The van der Waals surface area contributed by atoms with Crippen molar-refractivity contribution in [3.63, 3.8) is 0 Å². The molecule has 0 fully saturated rings. The molecule has 0 saturated carbocycles. The number of ketones is 1. The Morgan fingerprint density at radius 1 is 1.10 bits per heavy atom. The van der Waals surface area contributed by atoms with Crippen LogP contribution in [-0.4, -0.2) is 18.2 Å². The highest BCUT2D eigenvalue weighted by molar-refractivity contribution is 6.10. The predicted octanol–water partition coefficient (Wildman–Crippen LogP) is 2.77. The number of hydrogen-bond donors (Lipinski definition) is 1. The molecule has 3 heteroatoms. The molecule has 1 aliphatic heterocycles. The van der Waals surface area contributed by atoms with E-state index in [2.05, 4.69) is 12.2 Å². The average Bonchev–Trinajstić information content (AvgIpc) is 2.54. The Balaban J connectivity index is 1.94. The fraction of sp³-hybridized carbons (Fsp3) is 0.222. The lowest BCUT2D eigenvalue weighted by Crippen LogP contribution is -2.32. The van der Waals surface area contributed by atoms with Crippen molar-refractivity contribution >= 4 is 11.7 Å². The van der Waals surface area contributed by atoms with Crippen molar-refractivity contribution in [3.8, 4) is 0 Å². The third kappa shape index (κ3) is 2.59. The van der Waals surface area contributed by atoms with Gasteiger partial charge in [-0.25, -0.2) is 0 Å². The summed E-state index contributed by atoms with van der Waals surface area (Å²) in [5.74, 6) is -0.133. The highest BCUT2D eigenvalue weighted by atomic mass is 16.1. The first-order chi connectivity index (χ1) is 10.2. The third-order valence-corrected chi connectivity index (χ3v) is 3.92. The van der Waals surface area contributed by atoms with Crippen molar-refractivity contribution in [3.05, 3.63) is 70.3 Å². The summed E-state index contributed by atoms with van der Waals surface area (Å²) in [7, 11) is 0. The van der Waals surface area contributed by atoms with E-state index in [4.69, 9.17) is 0 Å². The lowest BCUT2D eigenvalue weighted by molar-refractivity contribution is 0.0946. The van der Waals surface area contributed by atoms with E-state index in [1.807, 2.05) is 36.4 Å². The molecule has 0 bridgehead atoms. The van der Waals surface area contributed by atoms with Gasteiger partial charge in [-0.15, -0.1) is 0 Å². The van der Waals surface area contributed by atoms with Crippen LogP contribution in [-0.2, 0) is 12.8 Å². The smallest absolute Gasteiger partial charge is 0.251 e. The van der Waals surface area contributed by atoms with E-state index in [0.29, 0.717) is 23.2 Å². The number of carbonyl (C=O) groups is 2. The predicted molar refractivity (Wildman–Crippen MR) is 81.7 cm³/mol. The van der Waals surface area contributed by atoms with Crippen LogP contribution in [0.1, 0.15) is 44.3 Å². The second kappa shape index (κ2) is 5.52. The molecule has 1 heterocycles. The molecule has 3 nitrogen and oxygen atoms in total. The maximum atomic E-state index is 12.5. The zero-order chi connectivity index (χ0) is 14.8. The van der Waals surface area contributed by atoms with Crippen LogP contribution in [0.25, 0.3) is 0 Å². The molecule has 0 spiro atoms. The molecule has 1 amide bonds. The Bertz CT molecular complexity index is 702. The summed E-state index contributed by atoms with van der Waals surface area (Å²) in [6, 6.07) is 13.0. The van der Waals surface area contributed by atoms with E-state index >= 15 is 0 Å². The van der Waals surface area contributed by atoms with Crippen molar-refractivity contribution in [2.24, 2.45) is 0 Å². The van der Waals surface area contributed by atoms with Crippen LogP contribution in [0.2, 0.25) is 0 Å². The Hall–Kier alpha value is -2.42. The minimum atomic E-state index is -0.0905. The molecule has 0 aliphatic carbocycles. The molecule has 21 heavy (non-hydrogen) atoms. The second-order valence-corrected chi connectivity index (χ2v) is 5.26. The zero-order valence-electron chi connectivity index (χ0n) is 12.0.